The molecule has 1 aromatic carbocycles. The number of nitrogens with one attached hydrogen (secondary N) is 1. The Labute approximate surface area is 158 Å². The number of ketones is 1. The third kappa shape index (κ3) is 4.31. The zero-order valence-corrected chi connectivity index (χ0v) is 16.0. The summed E-state index contributed by atoms with van der Waals surface area (Å²) >= 11 is 6.64. The van der Waals surface area contributed by atoms with E-state index in [9.17, 15) is 9.59 Å². The molecule has 2 rings (SSSR count). The van der Waals surface area contributed by atoms with E-state index in [-0.39, 0.29) is 6.61 Å². The van der Waals surface area contributed by atoms with Crippen molar-refractivity contribution < 1.29 is 14.7 Å². The molecule has 1 atom stereocenters. The number of para-hydroxylation sites is 1. The average molecular weight is 378 g/mol. The van der Waals surface area contributed by atoms with E-state index in [0.29, 0.717) is 18.5 Å². The third-order valence-electron chi connectivity index (χ3n) is 3.89. The topological polar surface area (TPSA) is 84.2 Å². The van der Waals surface area contributed by atoms with Crippen LogP contribution in [-0.2, 0) is 21.0 Å². The van der Waals surface area contributed by atoms with Crippen LogP contribution < -0.4 is 5.32 Å². The van der Waals surface area contributed by atoms with Crippen molar-refractivity contribution in [3.63, 3.8) is 0 Å². The van der Waals surface area contributed by atoms with Crippen LogP contribution in [0.3, 0.4) is 0 Å². The fraction of sp³-hybridized carbons (Fsp3) is 0.421. The lowest BCUT2D eigenvalue weighted by molar-refractivity contribution is -0.138. The monoisotopic (exact) mass is 377 g/mol. The highest BCUT2D eigenvalue weighted by Gasteiger charge is 2.51. The first kappa shape index (κ1) is 20.1. The number of halogens is 1. The van der Waals surface area contributed by atoms with Gasteiger partial charge in [-0.15, -0.1) is 0 Å². The van der Waals surface area contributed by atoms with Gasteiger partial charge in [0, 0.05) is 23.9 Å². The number of aliphatic hydroxyl groups excluding tert-OH is 1. The molecule has 1 heterocycles. The lowest BCUT2D eigenvalue weighted by atomic mass is 9.85. The molecule has 1 aromatic heterocycles. The van der Waals surface area contributed by atoms with Gasteiger partial charge < -0.3 is 10.4 Å². The number of Topliss-reactive ketones (excluding diaryl/α,β-unsaturated/α-hetero) is 1. The third-order valence-corrected chi connectivity index (χ3v) is 4.41. The number of nitrogens with zero attached hydrogens (tertiary/aromatic N) is 2. The zero-order valence-electron chi connectivity index (χ0n) is 15.2. The van der Waals surface area contributed by atoms with Crippen LogP contribution in [0.1, 0.15) is 32.8 Å². The van der Waals surface area contributed by atoms with Crippen LogP contribution in [0.4, 0.5) is 5.69 Å². The summed E-state index contributed by atoms with van der Waals surface area (Å²) in [6.45, 7) is 5.17. The minimum absolute atomic E-state index is 0.0482. The summed E-state index contributed by atoms with van der Waals surface area (Å²) in [5.74, 6) is -1.13. The summed E-state index contributed by atoms with van der Waals surface area (Å²) < 4.78 is 1.20. The second kappa shape index (κ2) is 8.01. The molecular formula is C19H24ClN3O3. The smallest absolute Gasteiger partial charge is 0.275 e. The number of carbonyl (C=O) groups excluding carboxylic acids is 2. The Bertz CT molecular complexity index is 768. The number of amides is 1. The summed E-state index contributed by atoms with van der Waals surface area (Å²) in [6, 6.07) is 8.81. The largest absolute Gasteiger partial charge is 0.396 e. The lowest BCUT2D eigenvalue weighted by Gasteiger charge is -2.31. The maximum absolute atomic E-state index is 13.0. The first-order valence-corrected chi connectivity index (χ1v) is 8.82. The SMILES string of the molecule is CC(C)(C)C(=O)C(Cl)(C(=O)Nc1ccccc1)n1cc(CCCO)cn1. The van der Waals surface area contributed by atoms with E-state index in [1.54, 1.807) is 57.4 Å². The normalized spacial score (nSPS) is 13.9. The van der Waals surface area contributed by atoms with Crippen molar-refractivity contribution in [2.24, 2.45) is 5.41 Å². The highest BCUT2D eigenvalue weighted by Crippen LogP contribution is 2.34. The van der Waals surface area contributed by atoms with Crippen LogP contribution >= 0.6 is 11.6 Å². The van der Waals surface area contributed by atoms with Crippen molar-refractivity contribution in [1.29, 1.82) is 0 Å². The highest BCUT2D eigenvalue weighted by molar-refractivity contribution is 6.45. The fourth-order valence-corrected chi connectivity index (χ4v) is 2.91. The number of anilines is 1. The minimum atomic E-state index is -2.01. The van der Waals surface area contributed by atoms with E-state index in [1.165, 1.54) is 4.68 Å². The molecule has 2 N–H and O–H groups in total. The number of hydrogen-bond acceptors (Lipinski definition) is 4. The molecule has 0 bridgehead atoms. The number of hydrogen-bond donors (Lipinski definition) is 2. The Morgan fingerprint density at radius 3 is 2.46 bits per heavy atom. The van der Waals surface area contributed by atoms with Gasteiger partial charge in [-0.25, -0.2) is 4.68 Å². The van der Waals surface area contributed by atoms with Crippen molar-refractivity contribution in [3.05, 3.63) is 48.3 Å². The molecule has 0 saturated heterocycles. The van der Waals surface area contributed by atoms with E-state index < -0.39 is 22.1 Å². The van der Waals surface area contributed by atoms with Gasteiger partial charge in [0.15, 0.2) is 5.78 Å². The maximum Gasteiger partial charge on any atom is 0.275 e. The Balaban J connectivity index is 2.40. The van der Waals surface area contributed by atoms with Gasteiger partial charge in [-0.3, -0.25) is 9.59 Å². The van der Waals surface area contributed by atoms with Crippen molar-refractivity contribution in [2.75, 3.05) is 11.9 Å². The molecule has 2 aromatic rings. The Morgan fingerprint density at radius 1 is 1.23 bits per heavy atom. The molecule has 7 heteroatoms. The van der Waals surface area contributed by atoms with Crippen molar-refractivity contribution in [1.82, 2.24) is 9.78 Å². The quantitative estimate of drug-likeness (QED) is 0.574. The number of aromatic nitrogens is 2. The van der Waals surface area contributed by atoms with Crippen LogP contribution in [0.15, 0.2) is 42.7 Å². The first-order chi connectivity index (χ1) is 12.2. The summed E-state index contributed by atoms with van der Waals surface area (Å²) in [5, 5.41) is 15.8. The molecule has 140 valence electrons. The summed E-state index contributed by atoms with van der Waals surface area (Å²) in [6.07, 6.45) is 4.27. The van der Waals surface area contributed by atoms with E-state index in [0.717, 1.165) is 5.56 Å². The number of alkyl halides is 1. The molecule has 26 heavy (non-hydrogen) atoms. The average Bonchev–Trinajstić information content (AvgIpc) is 3.08. The highest BCUT2D eigenvalue weighted by atomic mass is 35.5. The molecule has 0 fully saturated rings. The Hall–Kier alpha value is -2.18. The predicted octanol–water partition coefficient (Wildman–Crippen LogP) is 2.95. The zero-order chi connectivity index (χ0) is 19.4. The number of benzene rings is 1. The molecule has 0 saturated carbocycles. The second-order valence-corrected chi connectivity index (χ2v) is 7.69. The van der Waals surface area contributed by atoms with Crippen LogP contribution in [0.25, 0.3) is 0 Å². The molecule has 0 aliphatic heterocycles. The van der Waals surface area contributed by atoms with E-state index in [2.05, 4.69) is 10.4 Å². The lowest BCUT2D eigenvalue weighted by Crippen LogP contribution is -2.52. The number of rotatable bonds is 7. The van der Waals surface area contributed by atoms with Gasteiger partial charge in [-0.2, -0.15) is 5.10 Å². The van der Waals surface area contributed by atoms with Gasteiger partial charge in [0.2, 0.25) is 0 Å². The molecule has 6 nitrogen and oxygen atoms in total. The number of carbonyl (C=O) groups is 2. The predicted molar refractivity (Wildman–Crippen MR) is 101 cm³/mol. The standard InChI is InChI=1S/C19H24ClN3O3/c1-18(2,3)16(25)19(20,17(26)22-15-9-5-4-6-10-15)23-13-14(12-21-23)8-7-11-24/h4-6,9-10,12-13,24H,7-8,11H2,1-3H3,(H,22,26). The van der Waals surface area contributed by atoms with Gasteiger partial charge in [-0.1, -0.05) is 50.6 Å². The summed E-state index contributed by atoms with van der Waals surface area (Å²) in [5.41, 5.74) is 0.475. The van der Waals surface area contributed by atoms with E-state index in [4.69, 9.17) is 16.7 Å². The molecular weight excluding hydrogens is 354 g/mol. The van der Waals surface area contributed by atoms with Crippen LogP contribution in [0, 0.1) is 5.41 Å². The minimum Gasteiger partial charge on any atom is -0.396 e. The molecule has 1 amide bonds. The van der Waals surface area contributed by atoms with Gasteiger partial charge in [0.05, 0.1) is 6.20 Å². The fourth-order valence-electron chi connectivity index (χ4n) is 2.48. The van der Waals surface area contributed by atoms with Gasteiger partial charge in [-0.05, 0) is 30.5 Å². The number of aryl methyl sites for hydroxylation is 1. The summed E-state index contributed by atoms with van der Waals surface area (Å²) in [4.78, 5) is 24.0. The molecule has 0 radical (unpaired) electrons. The Morgan fingerprint density at radius 2 is 1.88 bits per heavy atom. The summed E-state index contributed by atoms with van der Waals surface area (Å²) in [7, 11) is 0. The second-order valence-electron chi connectivity index (χ2n) is 7.14. The van der Waals surface area contributed by atoms with Crippen LogP contribution in [-0.4, -0.2) is 33.2 Å². The first-order valence-electron chi connectivity index (χ1n) is 8.45. The van der Waals surface area contributed by atoms with Gasteiger partial charge in [0.1, 0.15) is 0 Å². The van der Waals surface area contributed by atoms with Crippen molar-refractivity contribution in [2.45, 2.75) is 38.6 Å². The maximum atomic E-state index is 13.0. The van der Waals surface area contributed by atoms with Crippen LogP contribution in [0.2, 0.25) is 0 Å². The number of aliphatic hydroxyl groups is 1. The van der Waals surface area contributed by atoms with Crippen molar-refractivity contribution in [3.8, 4) is 0 Å². The van der Waals surface area contributed by atoms with Crippen LogP contribution in [0.5, 0.6) is 0 Å². The molecule has 0 aliphatic rings. The van der Waals surface area contributed by atoms with Gasteiger partial charge in [0.25, 0.3) is 10.9 Å². The molecule has 1 unspecified atom stereocenters. The van der Waals surface area contributed by atoms with E-state index >= 15 is 0 Å². The van der Waals surface area contributed by atoms with Crippen molar-refractivity contribution >= 4 is 29.0 Å². The molecule has 0 spiro atoms. The van der Waals surface area contributed by atoms with E-state index in [1.807, 2.05) is 6.07 Å². The van der Waals surface area contributed by atoms with Gasteiger partial charge >= 0.3 is 0 Å². The molecule has 0 aliphatic carbocycles. The Kier molecular flexibility index (Phi) is 6.21.